The summed E-state index contributed by atoms with van der Waals surface area (Å²) in [5.41, 5.74) is -0.156. The monoisotopic (exact) mass is 666 g/mol. The fraction of sp³-hybridized carbons (Fsp3) is 0.125. The molecular weight excluding hydrogens is 651 g/mol. The largest absolute Gasteiger partial charge is 0.481 e. The van der Waals surface area contributed by atoms with Crippen molar-refractivity contribution in [3.05, 3.63) is 73.9 Å². The van der Waals surface area contributed by atoms with Crippen molar-refractivity contribution in [2.45, 2.75) is 18.2 Å². The second-order valence-electron chi connectivity index (χ2n) is 7.54. The van der Waals surface area contributed by atoms with Crippen molar-refractivity contribution in [2.75, 3.05) is 11.9 Å². The minimum atomic E-state index is -4.41. The number of amides is 1. The second-order valence-corrected chi connectivity index (χ2v) is 10.7. The number of ketones is 1. The van der Waals surface area contributed by atoms with Crippen LogP contribution in [0.25, 0.3) is 0 Å². The van der Waals surface area contributed by atoms with Gasteiger partial charge in [0.15, 0.2) is 23.9 Å². The summed E-state index contributed by atoms with van der Waals surface area (Å²) < 4.78 is 50.3. The van der Waals surface area contributed by atoms with Crippen LogP contribution in [-0.2, 0) is 14.8 Å². The van der Waals surface area contributed by atoms with Crippen LogP contribution in [-0.4, -0.2) is 56.3 Å². The SMILES string of the molecule is CCC(=O)c1ccc(NC(=O)COc2ccc(Br)c(Oc3cc(Cl)cc(C#N)c3)c2F)c(Cl)c1S(N)(=O)=O.[Na]. The Kier molecular flexibility index (Phi) is 11.8. The number of ether oxygens (including phenoxy) is 2. The van der Waals surface area contributed by atoms with E-state index in [9.17, 15) is 18.0 Å². The molecule has 3 N–H and O–H groups in total. The number of rotatable bonds is 9. The van der Waals surface area contributed by atoms with E-state index in [1.54, 1.807) is 0 Å². The summed E-state index contributed by atoms with van der Waals surface area (Å²) >= 11 is 15.3. The number of nitrogens with zero attached hydrogens (tertiary/aromatic N) is 1. The van der Waals surface area contributed by atoms with E-state index in [-0.39, 0.29) is 79.5 Å². The molecule has 0 spiro atoms. The molecule has 0 fully saturated rings. The number of hydrogen-bond donors (Lipinski definition) is 2. The van der Waals surface area contributed by atoms with Crippen molar-refractivity contribution in [3.8, 4) is 23.3 Å². The summed E-state index contributed by atoms with van der Waals surface area (Å²) in [4.78, 5) is 24.0. The first-order valence-corrected chi connectivity index (χ1v) is 13.6. The van der Waals surface area contributed by atoms with Crippen LogP contribution >= 0.6 is 39.1 Å². The van der Waals surface area contributed by atoms with Crippen LogP contribution in [0.15, 0.2) is 51.8 Å². The van der Waals surface area contributed by atoms with Crippen LogP contribution in [0.4, 0.5) is 10.1 Å². The molecule has 0 heterocycles. The van der Waals surface area contributed by atoms with Crippen LogP contribution in [0.2, 0.25) is 10.0 Å². The van der Waals surface area contributed by atoms with Crippen LogP contribution in [0, 0.1) is 17.1 Å². The van der Waals surface area contributed by atoms with Crippen LogP contribution in [0.1, 0.15) is 29.3 Å². The van der Waals surface area contributed by atoms with Crippen molar-refractivity contribution >= 4 is 96.1 Å². The zero-order valence-electron chi connectivity index (χ0n) is 20.3. The molecule has 0 bridgehead atoms. The Morgan fingerprint density at radius 1 is 1.18 bits per heavy atom. The number of benzene rings is 3. The number of nitrogens with one attached hydrogen (secondary N) is 1. The van der Waals surface area contributed by atoms with Gasteiger partial charge in [0.05, 0.1) is 26.8 Å². The first-order valence-electron chi connectivity index (χ1n) is 10.5. The van der Waals surface area contributed by atoms with Gasteiger partial charge in [-0.1, -0.05) is 30.1 Å². The number of halogens is 4. The fourth-order valence-corrected chi connectivity index (χ4v) is 5.19. The standard InChI is InChI=1S/C24H17BrCl2FN3O6S.Na/c1-2-18(32)15-3-5-17(21(27)24(15)38(30,34)35)31-20(33)11-36-19-6-4-16(25)23(22(19)28)37-14-8-12(10-29)7-13(26)9-14;/h3-9H,2,11H2,1H3,(H,31,33)(H2,30,34,35);. The third-order valence-corrected chi connectivity index (χ3v) is 7.21. The van der Waals surface area contributed by atoms with Crippen molar-refractivity contribution in [2.24, 2.45) is 5.14 Å². The van der Waals surface area contributed by atoms with Crippen molar-refractivity contribution in [1.82, 2.24) is 0 Å². The summed E-state index contributed by atoms with van der Waals surface area (Å²) in [6, 6.07) is 11.1. The van der Waals surface area contributed by atoms with Crippen molar-refractivity contribution < 1.29 is 31.9 Å². The molecule has 3 aromatic rings. The van der Waals surface area contributed by atoms with E-state index < -0.39 is 44.1 Å². The molecule has 0 aliphatic rings. The molecule has 3 aromatic carbocycles. The Bertz CT molecular complexity index is 1600. The van der Waals surface area contributed by atoms with Gasteiger partial charge in [0, 0.05) is 46.6 Å². The van der Waals surface area contributed by atoms with Gasteiger partial charge < -0.3 is 14.8 Å². The maximum atomic E-state index is 15.1. The maximum absolute atomic E-state index is 15.1. The third kappa shape index (κ3) is 8.15. The summed E-state index contributed by atoms with van der Waals surface area (Å²) in [5.74, 6) is -2.83. The molecule has 0 atom stereocenters. The van der Waals surface area contributed by atoms with Crippen molar-refractivity contribution in [3.63, 3.8) is 0 Å². The molecule has 199 valence electrons. The molecule has 3 rings (SSSR count). The Morgan fingerprint density at radius 2 is 1.87 bits per heavy atom. The van der Waals surface area contributed by atoms with Crippen LogP contribution in [0.3, 0.4) is 0 Å². The fourth-order valence-electron chi connectivity index (χ4n) is 3.19. The minimum Gasteiger partial charge on any atom is -0.481 e. The Hall–Kier alpha value is -2.21. The molecular formula is C24H17BrCl2FN3NaO6S. The minimum absolute atomic E-state index is 0. The van der Waals surface area contributed by atoms with E-state index >= 15 is 4.39 Å². The number of primary sulfonamides is 1. The van der Waals surface area contributed by atoms with E-state index in [1.165, 1.54) is 49.4 Å². The molecule has 1 radical (unpaired) electrons. The summed E-state index contributed by atoms with van der Waals surface area (Å²) in [6.07, 6.45) is -0.000348. The van der Waals surface area contributed by atoms with Gasteiger partial charge in [0.25, 0.3) is 5.91 Å². The quantitative estimate of drug-likeness (QED) is 0.228. The number of carbonyl (C=O) groups excluding carboxylic acids is 2. The Morgan fingerprint density at radius 3 is 2.49 bits per heavy atom. The first kappa shape index (κ1) is 33.0. The molecule has 39 heavy (non-hydrogen) atoms. The predicted octanol–water partition coefficient (Wildman–Crippen LogP) is 5.44. The van der Waals surface area contributed by atoms with Crippen LogP contribution < -0.4 is 19.9 Å². The van der Waals surface area contributed by atoms with Gasteiger partial charge in [0.1, 0.15) is 10.6 Å². The topological polar surface area (TPSA) is 149 Å². The number of nitriles is 1. The maximum Gasteiger partial charge on any atom is 0.262 e. The smallest absolute Gasteiger partial charge is 0.262 e. The number of carbonyl (C=O) groups is 2. The van der Waals surface area contributed by atoms with Gasteiger partial charge in [-0.05, 0) is 58.4 Å². The molecule has 15 heteroatoms. The van der Waals surface area contributed by atoms with Gasteiger partial charge in [-0.25, -0.2) is 13.6 Å². The summed E-state index contributed by atoms with van der Waals surface area (Å²) in [7, 11) is -4.41. The molecule has 9 nitrogen and oxygen atoms in total. The van der Waals surface area contributed by atoms with Crippen LogP contribution in [0.5, 0.6) is 17.2 Å². The Balaban J connectivity index is 0.00000533. The Labute approximate surface area is 263 Å². The summed E-state index contributed by atoms with van der Waals surface area (Å²) in [6.45, 7) is 0.830. The number of anilines is 1. The van der Waals surface area contributed by atoms with Gasteiger partial charge in [0.2, 0.25) is 15.8 Å². The van der Waals surface area contributed by atoms with Gasteiger partial charge in [-0.15, -0.1) is 0 Å². The molecule has 0 saturated carbocycles. The van der Waals surface area contributed by atoms with E-state index in [0.29, 0.717) is 0 Å². The molecule has 0 saturated heterocycles. The number of sulfonamides is 1. The average Bonchev–Trinajstić information content (AvgIpc) is 2.85. The normalized spacial score (nSPS) is 10.7. The average molecular weight is 668 g/mol. The zero-order valence-corrected chi connectivity index (χ0v) is 26.3. The molecule has 0 aromatic heterocycles. The number of nitrogens with two attached hydrogens (primary N) is 1. The second kappa shape index (κ2) is 13.9. The predicted molar refractivity (Wildman–Crippen MR) is 148 cm³/mol. The molecule has 0 unspecified atom stereocenters. The molecule has 0 aliphatic carbocycles. The third-order valence-electron chi connectivity index (χ3n) is 4.87. The zero-order chi connectivity index (χ0) is 28.2. The molecule has 1 amide bonds. The first-order chi connectivity index (χ1) is 17.8. The van der Waals surface area contributed by atoms with E-state index in [0.717, 1.165) is 0 Å². The number of hydrogen-bond acceptors (Lipinski definition) is 7. The van der Waals surface area contributed by atoms with E-state index in [1.807, 2.05) is 6.07 Å². The van der Waals surface area contributed by atoms with Gasteiger partial charge in [-0.2, -0.15) is 9.65 Å². The number of Topliss-reactive ketones (excluding diaryl/α,β-unsaturated/α-hetero) is 1. The van der Waals surface area contributed by atoms with Crippen molar-refractivity contribution in [1.29, 1.82) is 5.26 Å². The molecule has 0 aliphatic heterocycles. The summed E-state index contributed by atoms with van der Waals surface area (Å²) in [5, 5.41) is 16.4. The van der Waals surface area contributed by atoms with Gasteiger partial charge in [-0.3, -0.25) is 9.59 Å². The van der Waals surface area contributed by atoms with Gasteiger partial charge >= 0.3 is 0 Å². The van der Waals surface area contributed by atoms with E-state index in [2.05, 4.69) is 21.2 Å². The van der Waals surface area contributed by atoms with E-state index in [4.69, 9.17) is 43.1 Å².